The first-order chi connectivity index (χ1) is 9.46. The van der Waals surface area contributed by atoms with Crippen LogP contribution in [0.2, 0.25) is 0 Å². The molecule has 2 aromatic rings. The number of ether oxygens (including phenoxy) is 2. The number of thioether (sulfide) groups is 1. The summed E-state index contributed by atoms with van der Waals surface area (Å²) in [5.41, 5.74) is 6.57. The van der Waals surface area contributed by atoms with Crippen molar-refractivity contribution in [3.05, 3.63) is 18.2 Å². The van der Waals surface area contributed by atoms with Crippen molar-refractivity contribution in [1.82, 2.24) is 9.97 Å². The number of aromatic amines is 1. The summed E-state index contributed by atoms with van der Waals surface area (Å²) in [5.74, 6) is 0.690. The third-order valence-electron chi connectivity index (χ3n) is 2.83. The molecule has 0 bridgehead atoms. The van der Waals surface area contributed by atoms with Gasteiger partial charge in [-0.2, -0.15) is 0 Å². The number of carbonyl (C=O) groups excluding carboxylic acids is 1. The predicted molar refractivity (Wildman–Crippen MR) is 78.0 cm³/mol. The number of fused-ring (bicyclic) bond motifs is 1. The molecule has 0 radical (unpaired) electrons. The largest absolute Gasteiger partial charge is 0.497 e. The summed E-state index contributed by atoms with van der Waals surface area (Å²) in [5, 5.41) is 0.703. The van der Waals surface area contributed by atoms with Gasteiger partial charge in [-0.1, -0.05) is 11.8 Å². The molecule has 0 aliphatic heterocycles. The third kappa shape index (κ3) is 3.05. The number of hydrogen-bond acceptors (Lipinski definition) is 6. The van der Waals surface area contributed by atoms with E-state index in [0.29, 0.717) is 10.9 Å². The number of carbonyl (C=O) groups is 1. The van der Waals surface area contributed by atoms with Crippen LogP contribution in [0.25, 0.3) is 11.0 Å². The molecule has 1 unspecified atom stereocenters. The van der Waals surface area contributed by atoms with Gasteiger partial charge in [0.1, 0.15) is 11.3 Å². The monoisotopic (exact) mass is 295 g/mol. The normalized spacial score (nSPS) is 14.0. The highest BCUT2D eigenvalue weighted by atomic mass is 32.2. The minimum Gasteiger partial charge on any atom is -0.497 e. The van der Waals surface area contributed by atoms with Crippen LogP contribution in [0.1, 0.15) is 6.92 Å². The van der Waals surface area contributed by atoms with Gasteiger partial charge in [0.15, 0.2) is 5.16 Å². The van der Waals surface area contributed by atoms with E-state index in [1.54, 1.807) is 14.0 Å². The van der Waals surface area contributed by atoms with Crippen LogP contribution in [0.15, 0.2) is 23.4 Å². The number of H-pyrrole nitrogens is 1. The molecular formula is C13H17N3O3S. The van der Waals surface area contributed by atoms with E-state index in [1.807, 2.05) is 18.2 Å². The van der Waals surface area contributed by atoms with Crippen molar-refractivity contribution < 1.29 is 14.3 Å². The number of esters is 1. The van der Waals surface area contributed by atoms with Crippen molar-refractivity contribution in [2.45, 2.75) is 17.6 Å². The highest BCUT2D eigenvalue weighted by Crippen LogP contribution is 2.25. The highest BCUT2D eigenvalue weighted by molar-refractivity contribution is 7.99. The quantitative estimate of drug-likeness (QED) is 0.642. The van der Waals surface area contributed by atoms with E-state index in [4.69, 9.17) is 10.5 Å². The summed E-state index contributed by atoms with van der Waals surface area (Å²) in [6.45, 7) is 1.64. The van der Waals surface area contributed by atoms with Gasteiger partial charge in [0.25, 0.3) is 0 Å². The van der Waals surface area contributed by atoms with E-state index in [9.17, 15) is 4.79 Å². The summed E-state index contributed by atoms with van der Waals surface area (Å²) in [6.07, 6.45) is 0. The van der Waals surface area contributed by atoms with E-state index in [-0.39, 0.29) is 0 Å². The van der Waals surface area contributed by atoms with Gasteiger partial charge < -0.3 is 20.2 Å². The average Bonchev–Trinajstić information content (AvgIpc) is 2.86. The number of nitrogens with two attached hydrogens (primary N) is 1. The molecule has 0 saturated carbocycles. The molecule has 1 aromatic heterocycles. The SMILES string of the molecule is COC(=O)C(C)(N)CSc1nc2ccc(OC)cc2[nH]1. The Kier molecular flexibility index (Phi) is 4.20. The van der Waals surface area contributed by atoms with Gasteiger partial charge in [-0.05, 0) is 19.1 Å². The summed E-state index contributed by atoms with van der Waals surface area (Å²) < 4.78 is 9.82. The molecule has 20 heavy (non-hydrogen) atoms. The predicted octanol–water partition coefficient (Wildman–Crippen LogP) is 1.55. The number of nitrogens with one attached hydrogen (secondary N) is 1. The standard InChI is InChI=1S/C13H17N3O3S/c1-13(14,11(17)19-3)7-20-12-15-9-5-4-8(18-2)6-10(9)16-12/h4-6H,7,14H2,1-3H3,(H,15,16). The Hall–Kier alpha value is -1.73. The fraction of sp³-hybridized carbons (Fsp3) is 0.385. The minimum atomic E-state index is -1.05. The summed E-state index contributed by atoms with van der Waals surface area (Å²) in [4.78, 5) is 19.1. The van der Waals surface area contributed by atoms with Crippen LogP contribution in [-0.2, 0) is 9.53 Å². The van der Waals surface area contributed by atoms with Gasteiger partial charge in [-0.25, -0.2) is 4.98 Å². The number of hydrogen-bond donors (Lipinski definition) is 2. The molecule has 0 fully saturated rings. The third-order valence-corrected chi connectivity index (χ3v) is 4.04. The number of benzene rings is 1. The smallest absolute Gasteiger partial charge is 0.326 e. The zero-order valence-electron chi connectivity index (χ0n) is 11.6. The second-order valence-electron chi connectivity index (χ2n) is 4.62. The number of nitrogens with zero attached hydrogens (tertiary/aromatic N) is 1. The van der Waals surface area contributed by atoms with Gasteiger partial charge in [-0.15, -0.1) is 0 Å². The van der Waals surface area contributed by atoms with Crippen LogP contribution < -0.4 is 10.5 Å². The molecule has 0 amide bonds. The maximum atomic E-state index is 11.5. The van der Waals surface area contributed by atoms with Crippen molar-refractivity contribution in [3.63, 3.8) is 0 Å². The molecule has 1 atom stereocenters. The van der Waals surface area contributed by atoms with Gasteiger partial charge in [0, 0.05) is 11.8 Å². The molecule has 0 aliphatic carbocycles. The molecule has 0 spiro atoms. The maximum absolute atomic E-state index is 11.5. The zero-order valence-corrected chi connectivity index (χ0v) is 12.4. The Morgan fingerprint density at radius 3 is 2.90 bits per heavy atom. The topological polar surface area (TPSA) is 90.2 Å². The van der Waals surface area contributed by atoms with E-state index in [2.05, 4.69) is 14.7 Å². The number of methoxy groups -OCH3 is 2. The van der Waals surface area contributed by atoms with Gasteiger partial charge >= 0.3 is 5.97 Å². The van der Waals surface area contributed by atoms with E-state index in [0.717, 1.165) is 16.8 Å². The molecular weight excluding hydrogens is 278 g/mol. The van der Waals surface area contributed by atoms with Crippen molar-refractivity contribution in [2.24, 2.45) is 5.73 Å². The first-order valence-electron chi connectivity index (χ1n) is 6.00. The van der Waals surface area contributed by atoms with Crippen LogP contribution in [0.5, 0.6) is 5.75 Å². The van der Waals surface area contributed by atoms with E-state index >= 15 is 0 Å². The lowest BCUT2D eigenvalue weighted by Crippen LogP contribution is -2.48. The van der Waals surface area contributed by atoms with Crippen LogP contribution in [0, 0.1) is 0 Å². The summed E-state index contributed by atoms with van der Waals surface area (Å²) >= 11 is 1.38. The van der Waals surface area contributed by atoms with Gasteiger partial charge in [0.2, 0.25) is 0 Å². The number of rotatable bonds is 5. The van der Waals surface area contributed by atoms with Gasteiger partial charge in [-0.3, -0.25) is 4.79 Å². The Morgan fingerprint density at radius 1 is 1.50 bits per heavy atom. The Bertz CT molecular complexity index is 624. The zero-order chi connectivity index (χ0) is 14.8. The minimum absolute atomic E-state index is 0.372. The van der Waals surface area contributed by atoms with E-state index < -0.39 is 11.5 Å². The molecule has 6 nitrogen and oxygen atoms in total. The fourth-order valence-corrected chi connectivity index (χ4v) is 2.57. The van der Waals surface area contributed by atoms with Crippen LogP contribution in [0.4, 0.5) is 0 Å². The van der Waals surface area contributed by atoms with E-state index in [1.165, 1.54) is 18.9 Å². The first kappa shape index (κ1) is 14.7. The van der Waals surface area contributed by atoms with Gasteiger partial charge in [0.05, 0.1) is 25.3 Å². The second kappa shape index (κ2) is 5.72. The Morgan fingerprint density at radius 2 is 2.25 bits per heavy atom. The molecule has 7 heteroatoms. The van der Waals surface area contributed by atoms with Crippen molar-refractivity contribution >= 4 is 28.8 Å². The van der Waals surface area contributed by atoms with Crippen LogP contribution in [0.3, 0.4) is 0 Å². The molecule has 0 aliphatic rings. The molecule has 108 valence electrons. The summed E-state index contributed by atoms with van der Waals surface area (Å²) in [7, 11) is 2.94. The average molecular weight is 295 g/mol. The fourth-order valence-electron chi connectivity index (χ4n) is 1.67. The lowest BCUT2D eigenvalue weighted by molar-refractivity contribution is -0.145. The first-order valence-corrected chi connectivity index (χ1v) is 6.98. The maximum Gasteiger partial charge on any atom is 0.326 e. The Labute approximate surface area is 121 Å². The molecule has 1 heterocycles. The second-order valence-corrected chi connectivity index (χ2v) is 5.59. The molecule has 2 rings (SSSR count). The number of imidazole rings is 1. The molecule has 0 saturated heterocycles. The van der Waals surface area contributed by atoms with Crippen LogP contribution >= 0.6 is 11.8 Å². The Balaban J connectivity index is 2.12. The van der Waals surface area contributed by atoms with Crippen molar-refractivity contribution in [1.29, 1.82) is 0 Å². The molecule has 1 aromatic carbocycles. The molecule has 3 N–H and O–H groups in total. The van der Waals surface area contributed by atoms with Crippen molar-refractivity contribution in [2.75, 3.05) is 20.0 Å². The van der Waals surface area contributed by atoms with Crippen molar-refractivity contribution in [3.8, 4) is 5.75 Å². The highest BCUT2D eigenvalue weighted by Gasteiger charge is 2.30. The lowest BCUT2D eigenvalue weighted by atomic mass is 10.1. The number of aromatic nitrogens is 2. The lowest BCUT2D eigenvalue weighted by Gasteiger charge is -2.19. The summed E-state index contributed by atoms with van der Waals surface area (Å²) in [6, 6.07) is 5.59. The van der Waals surface area contributed by atoms with Crippen LogP contribution in [-0.4, -0.2) is 41.4 Å².